The summed E-state index contributed by atoms with van der Waals surface area (Å²) in [6.45, 7) is 2.37. The largest absolute Gasteiger partial charge is 0.500 e. The van der Waals surface area contributed by atoms with Crippen LogP contribution in [0.25, 0.3) is 10.9 Å². The van der Waals surface area contributed by atoms with Crippen molar-refractivity contribution < 1.29 is 14.3 Å². The minimum atomic E-state index is 0.148. The molecular formula is C22H26N2O3. The number of ketones is 1. The summed E-state index contributed by atoms with van der Waals surface area (Å²) in [4.78, 5) is 14.7. The van der Waals surface area contributed by atoms with Crippen LogP contribution in [0.1, 0.15) is 30.6 Å². The average molecular weight is 366 g/mol. The number of piperidine rings is 1. The molecule has 2 bridgehead atoms. The minimum absolute atomic E-state index is 0.148. The highest BCUT2D eigenvalue weighted by molar-refractivity contribution is 5.94. The van der Waals surface area contributed by atoms with Crippen LogP contribution in [0.15, 0.2) is 30.0 Å². The summed E-state index contributed by atoms with van der Waals surface area (Å²) in [5, 5.41) is 1.33. The van der Waals surface area contributed by atoms with Gasteiger partial charge in [0.25, 0.3) is 0 Å². The number of ether oxygens (including phenoxy) is 2. The molecule has 0 N–H and O–H groups in total. The van der Waals surface area contributed by atoms with Gasteiger partial charge >= 0.3 is 0 Å². The highest BCUT2D eigenvalue weighted by Crippen LogP contribution is 2.51. The SMILES string of the molecule is COc1ccc2c3c(n(C)c2c1)C1CC2C(C(C)=O)=COCC2C(C3)N1C. The van der Waals surface area contributed by atoms with Gasteiger partial charge in [0.1, 0.15) is 5.75 Å². The molecule has 0 amide bonds. The van der Waals surface area contributed by atoms with Gasteiger partial charge in [-0.3, -0.25) is 9.69 Å². The number of hydrogen-bond donors (Lipinski definition) is 0. The van der Waals surface area contributed by atoms with Crippen LogP contribution in [0, 0.1) is 11.8 Å². The van der Waals surface area contributed by atoms with Crippen molar-refractivity contribution in [3.63, 3.8) is 0 Å². The van der Waals surface area contributed by atoms with Gasteiger partial charge in [0.2, 0.25) is 0 Å². The van der Waals surface area contributed by atoms with E-state index in [0.717, 1.165) is 24.2 Å². The summed E-state index contributed by atoms with van der Waals surface area (Å²) in [7, 11) is 6.11. The van der Waals surface area contributed by atoms with Gasteiger partial charge in [-0.1, -0.05) is 0 Å². The number of allylic oxidation sites excluding steroid dienone is 1. The van der Waals surface area contributed by atoms with E-state index in [-0.39, 0.29) is 5.78 Å². The van der Waals surface area contributed by atoms with Gasteiger partial charge in [-0.2, -0.15) is 0 Å². The molecule has 1 aromatic carbocycles. The molecule has 1 aromatic heterocycles. The van der Waals surface area contributed by atoms with Gasteiger partial charge in [0.15, 0.2) is 5.78 Å². The number of aromatic nitrogens is 1. The fourth-order valence-corrected chi connectivity index (χ4v) is 5.74. The Labute approximate surface area is 159 Å². The second kappa shape index (κ2) is 5.86. The number of likely N-dealkylation sites (N-methyl/N-ethyl adjacent to an activating group) is 1. The van der Waals surface area contributed by atoms with E-state index >= 15 is 0 Å². The fraction of sp³-hybridized carbons (Fsp3) is 0.500. The molecule has 4 atom stereocenters. The Morgan fingerprint density at radius 2 is 2.11 bits per heavy atom. The zero-order valence-electron chi connectivity index (χ0n) is 16.4. The predicted molar refractivity (Wildman–Crippen MR) is 104 cm³/mol. The molecule has 0 radical (unpaired) electrons. The molecule has 5 nitrogen and oxygen atoms in total. The lowest BCUT2D eigenvalue weighted by atomic mass is 9.67. The van der Waals surface area contributed by atoms with Crippen molar-refractivity contribution in [1.82, 2.24) is 9.47 Å². The summed E-state index contributed by atoms with van der Waals surface area (Å²) in [5.41, 5.74) is 4.95. The Bertz CT molecular complexity index is 974. The first-order valence-electron chi connectivity index (χ1n) is 9.71. The van der Waals surface area contributed by atoms with Gasteiger partial charge in [-0.05, 0) is 50.4 Å². The van der Waals surface area contributed by atoms with Crippen molar-refractivity contribution in [3.8, 4) is 5.75 Å². The predicted octanol–water partition coefficient (Wildman–Crippen LogP) is 3.22. The second-order valence-corrected chi connectivity index (χ2v) is 8.23. The number of carbonyl (C=O) groups excluding carboxylic acids is 1. The van der Waals surface area contributed by atoms with Crippen molar-refractivity contribution >= 4 is 16.7 Å². The third-order valence-corrected chi connectivity index (χ3v) is 7.10. The number of fused-ring (bicyclic) bond motifs is 8. The maximum Gasteiger partial charge on any atom is 0.159 e. The van der Waals surface area contributed by atoms with Crippen molar-refractivity contribution in [1.29, 1.82) is 0 Å². The molecule has 5 heteroatoms. The lowest BCUT2D eigenvalue weighted by molar-refractivity contribution is -0.116. The summed E-state index contributed by atoms with van der Waals surface area (Å²) in [6, 6.07) is 7.11. The van der Waals surface area contributed by atoms with E-state index in [1.54, 1.807) is 20.3 Å². The number of rotatable bonds is 2. The standard InChI is InChI=1S/C22H26N2O3/c1-12(25)17-10-27-11-18-15(17)8-21-22-16(9-20(18)23(21)2)14-6-5-13(26-4)7-19(14)24(22)3/h5-7,10,15,18,20-21H,8-9,11H2,1-4H3. The van der Waals surface area contributed by atoms with Gasteiger partial charge < -0.3 is 14.0 Å². The maximum atomic E-state index is 12.2. The molecule has 0 saturated carbocycles. The number of benzene rings is 1. The molecule has 0 aliphatic carbocycles. The Balaban J connectivity index is 1.67. The van der Waals surface area contributed by atoms with Crippen molar-refractivity contribution in [3.05, 3.63) is 41.3 Å². The lowest BCUT2D eigenvalue weighted by Gasteiger charge is -2.52. The summed E-state index contributed by atoms with van der Waals surface area (Å²) in [5.74, 6) is 1.70. The molecule has 5 rings (SSSR count). The van der Waals surface area contributed by atoms with E-state index in [1.165, 1.54) is 22.2 Å². The van der Waals surface area contributed by atoms with Crippen LogP contribution < -0.4 is 4.74 Å². The average Bonchev–Trinajstić information content (AvgIpc) is 2.93. The number of Topliss-reactive ketones (excluding diaryl/α,β-unsaturated/α-hetero) is 1. The second-order valence-electron chi connectivity index (χ2n) is 8.23. The van der Waals surface area contributed by atoms with Crippen LogP contribution >= 0.6 is 0 Å². The third-order valence-electron chi connectivity index (χ3n) is 7.10. The Hall–Kier alpha value is -2.27. The number of methoxy groups -OCH3 is 1. The zero-order valence-corrected chi connectivity index (χ0v) is 16.4. The summed E-state index contributed by atoms with van der Waals surface area (Å²) < 4.78 is 13.5. The normalized spacial score (nSPS) is 29.6. The van der Waals surface area contributed by atoms with E-state index in [1.807, 2.05) is 0 Å². The van der Waals surface area contributed by atoms with E-state index in [9.17, 15) is 4.79 Å². The molecule has 3 aliphatic heterocycles. The third kappa shape index (κ3) is 2.24. The molecule has 0 spiro atoms. The molecule has 4 unspecified atom stereocenters. The van der Waals surface area contributed by atoms with Crippen LogP contribution in [0.2, 0.25) is 0 Å². The van der Waals surface area contributed by atoms with E-state index in [4.69, 9.17) is 9.47 Å². The van der Waals surface area contributed by atoms with Crippen LogP contribution in [-0.4, -0.2) is 42.1 Å². The van der Waals surface area contributed by atoms with E-state index in [0.29, 0.717) is 30.5 Å². The molecule has 4 heterocycles. The first-order chi connectivity index (χ1) is 13.0. The van der Waals surface area contributed by atoms with Crippen LogP contribution in [0.4, 0.5) is 0 Å². The number of nitrogens with zero attached hydrogens (tertiary/aromatic N) is 2. The van der Waals surface area contributed by atoms with Crippen molar-refractivity contribution in [2.24, 2.45) is 18.9 Å². The monoisotopic (exact) mass is 366 g/mol. The minimum Gasteiger partial charge on any atom is -0.500 e. The molecule has 1 saturated heterocycles. The van der Waals surface area contributed by atoms with Gasteiger partial charge in [0.05, 0.1) is 31.5 Å². The molecule has 142 valence electrons. The Kier molecular flexibility index (Phi) is 3.66. The highest BCUT2D eigenvalue weighted by atomic mass is 16.5. The number of carbonyl (C=O) groups is 1. The molecule has 2 aromatic rings. The van der Waals surface area contributed by atoms with E-state index < -0.39 is 0 Å². The topological polar surface area (TPSA) is 43.7 Å². The van der Waals surface area contributed by atoms with Crippen LogP contribution in [-0.2, 0) is 23.0 Å². The Morgan fingerprint density at radius 1 is 1.30 bits per heavy atom. The van der Waals surface area contributed by atoms with Gasteiger partial charge in [-0.15, -0.1) is 0 Å². The van der Waals surface area contributed by atoms with Gasteiger partial charge in [-0.25, -0.2) is 0 Å². The zero-order chi connectivity index (χ0) is 18.9. The number of hydrogen-bond acceptors (Lipinski definition) is 4. The first-order valence-corrected chi connectivity index (χ1v) is 9.71. The fourth-order valence-electron chi connectivity index (χ4n) is 5.74. The molecule has 27 heavy (non-hydrogen) atoms. The Morgan fingerprint density at radius 3 is 2.85 bits per heavy atom. The summed E-state index contributed by atoms with van der Waals surface area (Å²) in [6.07, 6.45) is 3.69. The van der Waals surface area contributed by atoms with Crippen molar-refractivity contribution in [2.45, 2.75) is 31.8 Å². The van der Waals surface area contributed by atoms with Crippen molar-refractivity contribution in [2.75, 3.05) is 20.8 Å². The quantitative estimate of drug-likeness (QED) is 0.819. The number of aryl methyl sites for hydroxylation is 1. The molecule has 3 aliphatic rings. The lowest BCUT2D eigenvalue weighted by Crippen LogP contribution is -2.55. The first kappa shape index (κ1) is 16.9. The molecular weight excluding hydrogens is 340 g/mol. The highest BCUT2D eigenvalue weighted by Gasteiger charge is 2.50. The van der Waals surface area contributed by atoms with Crippen LogP contribution in [0.5, 0.6) is 5.75 Å². The van der Waals surface area contributed by atoms with Gasteiger partial charge in [0, 0.05) is 41.7 Å². The van der Waals surface area contributed by atoms with Crippen LogP contribution in [0.3, 0.4) is 0 Å². The maximum absolute atomic E-state index is 12.2. The summed E-state index contributed by atoms with van der Waals surface area (Å²) >= 11 is 0. The smallest absolute Gasteiger partial charge is 0.159 e. The van der Waals surface area contributed by atoms with E-state index in [2.05, 4.69) is 41.8 Å². The molecule has 1 fully saturated rings.